The van der Waals surface area contributed by atoms with Crippen LogP contribution < -0.4 is 5.09 Å². The van der Waals surface area contributed by atoms with Crippen LogP contribution in [0.5, 0.6) is 0 Å². The number of rotatable bonds is 6. The molecule has 0 bridgehead atoms. The normalized spacial score (nSPS) is 19.4. The lowest BCUT2D eigenvalue weighted by atomic mass is 10.3. The van der Waals surface area contributed by atoms with Crippen molar-refractivity contribution in [2.24, 2.45) is 7.05 Å². The van der Waals surface area contributed by atoms with E-state index < -0.39 is 13.5 Å². The van der Waals surface area contributed by atoms with Gasteiger partial charge >= 0.3 is 13.6 Å². The summed E-state index contributed by atoms with van der Waals surface area (Å²) >= 11 is 0. The minimum atomic E-state index is -3.33. The lowest BCUT2D eigenvalue weighted by molar-refractivity contribution is -0.139. The summed E-state index contributed by atoms with van der Waals surface area (Å²) in [5.74, 6) is -0.833. The molecule has 0 radical (unpaired) electrons. The topological polar surface area (TPSA) is 102 Å². The molecule has 156 valence electrons. The van der Waals surface area contributed by atoms with Gasteiger partial charge in [-0.15, -0.1) is 0 Å². The predicted molar refractivity (Wildman–Crippen MR) is 101 cm³/mol. The van der Waals surface area contributed by atoms with Crippen molar-refractivity contribution < 1.29 is 28.4 Å². The van der Waals surface area contributed by atoms with Gasteiger partial charge in [0.25, 0.3) is 5.91 Å². The summed E-state index contributed by atoms with van der Waals surface area (Å²) in [6, 6.07) is 3.32. The van der Waals surface area contributed by atoms with E-state index in [9.17, 15) is 14.2 Å². The molecular weight excluding hydrogens is 387 g/mol. The first-order valence-electron chi connectivity index (χ1n) is 9.26. The van der Waals surface area contributed by atoms with Crippen molar-refractivity contribution in [3.63, 3.8) is 0 Å². The molecule has 2 aliphatic rings. The molecular formula is C17H27N4O6P. The van der Waals surface area contributed by atoms with Gasteiger partial charge in [0.05, 0.1) is 40.0 Å². The molecule has 11 heteroatoms. The molecule has 0 atom stereocenters. The third-order valence-corrected chi connectivity index (χ3v) is 7.83. The monoisotopic (exact) mass is 414 g/mol. The quantitative estimate of drug-likeness (QED) is 0.522. The first-order valence-corrected chi connectivity index (χ1v) is 10.9. The average molecular weight is 414 g/mol. The highest BCUT2D eigenvalue weighted by atomic mass is 31.2. The number of hydrogen-bond acceptors (Lipinski definition) is 6. The van der Waals surface area contributed by atoms with Gasteiger partial charge < -0.3 is 18.8 Å². The van der Waals surface area contributed by atoms with Crippen LogP contribution in [0.15, 0.2) is 12.1 Å². The lowest BCUT2D eigenvalue weighted by Gasteiger charge is -2.41. The smallest absolute Gasteiger partial charge is 0.311 e. The largest absolute Gasteiger partial charge is 0.469 e. The Morgan fingerprint density at radius 3 is 2.11 bits per heavy atom. The highest BCUT2D eigenvalue weighted by molar-refractivity contribution is 7.57. The molecule has 0 aliphatic carbocycles. The molecule has 1 N–H and O–H groups in total. The Morgan fingerprint density at radius 1 is 1.07 bits per heavy atom. The van der Waals surface area contributed by atoms with E-state index in [4.69, 9.17) is 9.47 Å². The van der Waals surface area contributed by atoms with Gasteiger partial charge in [-0.2, -0.15) is 0 Å². The zero-order chi connectivity index (χ0) is 20.1. The first kappa shape index (κ1) is 21.0. The van der Waals surface area contributed by atoms with Gasteiger partial charge in [0.15, 0.2) is 0 Å². The van der Waals surface area contributed by atoms with Crippen LogP contribution in [-0.4, -0.2) is 85.5 Å². The third-order valence-electron chi connectivity index (χ3n) is 5.00. The Hall–Kier alpha value is -1.71. The summed E-state index contributed by atoms with van der Waals surface area (Å²) in [6.07, 6.45) is 0.0604. The Balaban J connectivity index is 1.81. The van der Waals surface area contributed by atoms with E-state index in [1.165, 1.54) is 7.11 Å². The molecule has 2 fully saturated rings. The zero-order valence-corrected chi connectivity index (χ0v) is 17.2. The summed E-state index contributed by atoms with van der Waals surface area (Å²) in [5.41, 5.74) is 0.977. The van der Waals surface area contributed by atoms with Gasteiger partial charge in [0.1, 0.15) is 5.69 Å². The molecule has 3 rings (SSSR count). The van der Waals surface area contributed by atoms with Crippen molar-refractivity contribution in [1.82, 2.24) is 19.0 Å². The fraction of sp³-hybridized carbons (Fsp3) is 0.647. The number of nitrogens with zero attached hydrogens (tertiary/aromatic N) is 3. The molecule has 10 nitrogen and oxygen atoms in total. The molecule has 2 saturated heterocycles. The predicted octanol–water partition coefficient (Wildman–Crippen LogP) is 0.243. The highest BCUT2D eigenvalue weighted by Crippen LogP contribution is 2.50. The minimum Gasteiger partial charge on any atom is -0.469 e. The van der Waals surface area contributed by atoms with Crippen LogP contribution in [0.1, 0.15) is 16.2 Å². The van der Waals surface area contributed by atoms with Crippen LogP contribution in [0, 0.1) is 0 Å². The molecule has 0 saturated carbocycles. The van der Waals surface area contributed by atoms with E-state index in [1.54, 1.807) is 33.1 Å². The van der Waals surface area contributed by atoms with Gasteiger partial charge in [-0.25, -0.2) is 9.34 Å². The van der Waals surface area contributed by atoms with Crippen LogP contribution in [0.3, 0.4) is 0 Å². The molecule has 2 aliphatic heterocycles. The van der Waals surface area contributed by atoms with Crippen molar-refractivity contribution in [1.29, 1.82) is 0 Å². The number of nitrogens with one attached hydrogen (secondary N) is 1. The van der Waals surface area contributed by atoms with Gasteiger partial charge in [0.2, 0.25) is 0 Å². The fourth-order valence-corrected chi connectivity index (χ4v) is 5.77. The van der Waals surface area contributed by atoms with Crippen LogP contribution >= 0.6 is 7.59 Å². The Morgan fingerprint density at radius 2 is 1.61 bits per heavy atom. The van der Waals surface area contributed by atoms with Crippen molar-refractivity contribution in [3.05, 3.63) is 23.5 Å². The van der Waals surface area contributed by atoms with Crippen LogP contribution in [0.25, 0.3) is 0 Å². The molecule has 1 amide bonds. The number of carbonyl (C=O) groups excluding carboxylic acids is 2. The van der Waals surface area contributed by atoms with Crippen molar-refractivity contribution >= 4 is 19.5 Å². The van der Waals surface area contributed by atoms with Gasteiger partial charge in [-0.05, 0) is 12.1 Å². The Kier molecular flexibility index (Phi) is 6.90. The number of carbonyl (C=O) groups is 2. The fourth-order valence-electron chi connectivity index (χ4n) is 3.34. The SMILES string of the molecule is COC(=O)Cc1ccc(C(=O)NP(=O)(N2CCOCC2)N2CCOCC2)n1C. The zero-order valence-electron chi connectivity index (χ0n) is 16.3. The summed E-state index contributed by atoms with van der Waals surface area (Å²) in [6.45, 7) is 3.81. The summed E-state index contributed by atoms with van der Waals surface area (Å²) < 4.78 is 34.6. The van der Waals surface area contributed by atoms with Crippen molar-refractivity contribution in [3.8, 4) is 0 Å². The van der Waals surface area contributed by atoms with E-state index in [0.29, 0.717) is 64.0 Å². The van der Waals surface area contributed by atoms with Gasteiger partial charge in [-0.3, -0.25) is 19.2 Å². The standard InChI is InChI=1S/C17H27N4O6P/c1-19-14(13-16(22)25-2)3-4-15(19)17(23)18-28(24,20-5-9-26-10-6-20)21-7-11-27-12-8-21/h3-4H,5-13H2,1-2H3,(H,18,23,24). The van der Waals surface area contributed by atoms with E-state index in [2.05, 4.69) is 9.82 Å². The number of hydrogen-bond donors (Lipinski definition) is 1. The van der Waals surface area contributed by atoms with Crippen molar-refractivity contribution in [2.45, 2.75) is 6.42 Å². The van der Waals surface area contributed by atoms with Gasteiger partial charge in [0, 0.05) is 38.9 Å². The lowest BCUT2D eigenvalue weighted by Crippen LogP contribution is -2.48. The molecule has 0 aromatic carbocycles. The minimum absolute atomic E-state index is 0.0604. The summed E-state index contributed by atoms with van der Waals surface area (Å²) in [7, 11) is -0.318. The number of amides is 1. The first-order chi connectivity index (χ1) is 13.5. The molecule has 1 aromatic heterocycles. The number of aromatic nitrogens is 1. The number of esters is 1. The molecule has 3 heterocycles. The Bertz CT molecular complexity index is 733. The average Bonchev–Trinajstić information content (AvgIpc) is 3.09. The second kappa shape index (κ2) is 9.19. The second-order valence-electron chi connectivity index (χ2n) is 6.64. The summed E-state index contributed by atoms with van der Waals surface area (Å²) in [4.78, 5) is 24.5. The molecule has 0 spiro atoms. The van der Waals surface area contributed by atoms with Crippen LogP contribution in [-0.2, 0) is 37.0 Å². The van der Waals surface area contributed by atoms with Crippen LogP contribution in [0.2, 0.25) is 0 Å². The summed E-state index contributed by atoms with van der Waals surface area (Å²) in [5, 5.41) is 2.79. The maximum absolute atomic E-state index is 14.0. The molecule has 28 heavy (non-hydrogen) atoms. The third kappa shape index (κ3) is 4.47. The Labute approximate surface area is 164 Å². The molecule has 1 aromatic rings. The molecule has 0 unspecified atom stereocenters. The van der Waals surface area contributed by atoms with E-state index in [-0.39, 0.29) is 12.4 Å². The highest BCUT2D eigenvalue weighted by Gasteiger charge is 2.41. The van der Waals surface area contributed by atoms with Crippen molar-refractivity contribution in [2.75, 3.05) is 59.7 Å². The second-order valence-corrected chi connectivity index (χ2v) is 9.08. The maximum Gasteiger partial charge on any atom is 0.311 e. The van der Waals surface area contributed by atoms with Crippen LogP contribution in [0.4, 0.5) is 0 Å². The van der Waals surface area contributed by atoms with E-state index in [0.717, 1.165) is 0 Å². The number of methoxy groups -OCH3 is 1. The number of morpholine rings is 2. The maximum atomic E-state index is 14.0. The number of ether oxygens (including phenoxy) is 3. The van der Waals surface area contributed by atoms with Gasteiger partial charge in [-0.1, -0.05) is 0 Å². The van der Waals surface area contributed by atoms with E-state index >= 15 is 0 Å². The van der Waals surface area contributed by atoms with E-state index in [1.807, 2.05) is 0 Å².